The van der Waals surface area contributed by atoms with Gasteiger partial charge in [-0.05, 0) is 5.56 Å². The van der Waals surface area contributed by atoms with E-state index >= 15 is 0 Å². The number of ether oxygens (including phenoxy) is 1. The van der Waals surface area contributed by atoms with Gasteiger partial charge in [-0.2, -0.15) is 0 Å². The quantitative estimate of drug-likeness (QED) is 0.513. The van der Waals surface area contributed by atoms with Crippen LogP contribution in [0.1, 0.15) is 11.7 Å². The van der Waals surface area contributed by atoms with Crippen LogP contribution >= 0.6 is 0 Å². The van der Waals surface area contributed by atoms with E-state index in [0.717, 1.165) is 5.56 Å². The first kappa shape index (κ1) is 9.67. The molecular formula is C10H10N2O3. The summed E-state index contributed by atoms with van der Waals surface area (Å²) >= 11 is 0. The number of primary amides is 2. The number of carbonyl (C=O) groups is 2. The summed E-state index contributed by atoms with van der Waals surface area (Å²) in [5.74, 6) is -1.69. The van der Waals surface area contributed by atoms with E-state index in [1.165, 1.54) is 0 Å². The Morgan fingerprint density at radius 3 is 2.07 bits per heavy atom. The Hall–Kier alpha value is -1.88. The van der Waals surface area contributed by atoms with Crippen LogP contribution in [0.15, 0.2) is 30.3 Å². The molecule has 4 N–H and O–H groups in total. The minimum absolute atomic E-state index is 0.645. The lowest BCUT2D eigenvalue weighted by Gasteiger charge is -2.02. The largest absolute Gasteiger partial charge is 0.367 e. The molecule has 1 aliphatic heterocycles. The third-order valence-electron chi connectivity index (χ3n) is 2.45. The maximum Gasteiger partial charge on any atom is 0.262 e. The molecule has 1 atom stereocenters. The van der Waals surface area contributed by atoms with E-state index in [9.17, 15) is 9.59 Å². The topological polar surface area (TPSA) is 98.7 Å². The van der Waals surface area contributed by atoms with Crippen LogP contribution < -0.4 is 11.5 Å². The van der Waals surface area contributed by atoms with Gasteiger partial charge < -0.3 is 16.2 Å². The van der Waals surface area contributed by atoms with Crippen molar-refractivity contribution in [2.24, 2.45) is 11.5 Å². The minimum Gasteiger partial charge on any atom is -0.367 e. The highest BCUT2D eigenvalue weighted by molar-refractivity contribution is 6.10. The van der Waals surface area contributed by atoms with Crippen molar-refractivity contribution in [1.82, 2.24) is 0 Å². The van der Waals surface area contributed by atoms with Gasteiger partial charge in [0, 0.05) is 0 Å². The molecule has 0 aromatic heterocycles. The summed E-state index contributed by atoms with van der Waals surface area (Å²) < 4.78 is 5.06. The highest BCUT2D eigenvalue weighted by Crippen LogP contribution is 2.49. The summed E-state index contributed by atoms with van der Waals surface area (Å²) in [6, 6.07) is 8.88. The molecule has 2 rings (SSSR count). The van der Waals surface area contributed by atoms with Gasteiger partial charge in [0.05, 0.1) is 0 Å². The number of amides is 2. The molecule has 0 aliphatic carbocycles. The van der Waals surface area contributed by atoms with Gasteiger partial charge in [0.15, 0.2) is 0 Å². The molecule has 0 spiro atoms. The second kappa shape index (κ2) is 3.06. The molecule has 0 unspecified atom stereocenters. The molecule has 1 heterocycles. The van der Waals surface area contributed by atoms with E-state index in [1.54, 1.807) is 24.3 Å². The SMILES string of the molecule is NC(=O)C1(C(N)=O)O[C@H]1c1ccccc1. The molecule has 0 radical (unpaired) electrons. The van der Waals surface area contributed by atoms with Crippen LogP contribution in [0.5, 0.6) is 0 Å². The first-order valence-corrected chi connectivity index (χ1v) is 4.41. The Balaban J connectivity index is 2.31. The Morgan fingerprint density at radius 2 is 1.67 bits per heavy atom. The fraction of sp³-hybridized carbons (Fsp3) is 0.200. The zero-order chi connectivity index (χ0) is 11.1. The van der Waals surface area contributed by atoms with Gasteiger partial charge in [0.2, 0.25) is 0 Å². The summed E-state index contributed by atoms with van der Waals surface area (Å²) in [4.78, 5) is 22.2. The third kappa shape index (κ3) is 1.28. The van der Waals surface area contributed by atoms with Crippen LogP contribution in [-0.4, -0.2) is 17.4 Å². The van der Waals surface area contributed by atoms with Crippen molar-refractivity contribution in [2.75, 3.05) is 0 Å². The van der Waals surface area contributed by atoms with E-state index in [1.807, 2.05) is 6.07 Å². The van der Waals surface area contributed by atoms with Gasteiger partial charge in [0.25, 0.3) is 17.4 Å². The zero-order valence-corrected chi connectivity index (χ0v) is 7.84. The molecule has 1 aromatic carbocycles. The molecule has 5 nitrogen and oxygen atoms in total. The van der Waals surface area contributed by atoms with Gasteiger partial charge in [-0.25, -0.2) is 0 Å². The maximum absolute atomic E-state index is 11.1. The summed E-state index contributed by atoms with van der Waals surface area (Å²) in [6.07, 6.45) is -0.645. The van der Waals surface area contributed by atoms with Crippen LogP contribution in [0.4, 0.5) is 0 Å². The molecule has 2 amide bonds. The van der Waals surface area contributed by atoms with E-state index < -0.39 is 23.5 Å². The lowest BCUT2D eigenvalue weighted by Crippen LogP contribution is -2.44. The molecule has 1 saturated heterocycles. The second-order valence-corrected chi connectivity index (χ2v) is 3.37. The van der Waals surface area contributed by atoms with Crippen molar-refractivity contribution in [3.8, 4) is 0 Å². The van der Waals surface area contributed by atoms with Crippen molar-refractivity contribution >= 4 is 11.8 Å². The summed E-state index contributed by atoms with van der Waals surface area (Å²) in [5.41, 5.74) is 9.26. The van der Waals surface area contributed by atoms with E-state index in [-0.39, 0.29) is 0 Å². The Bertz CT molecular complexity index is 402. The number of hydrogen-bond donors (Lipinski definition) is 2. The Morgan fingerprint density at radius 1 is 1.13 bits per heavy atom. The number of benzene rings is 1. The van der Waals surface area contributed by atoms with Crippen LogP contribution in [0, 0.1) is 0 Å². The lowest BCUT2D eigenvalue weighted by molar-refractivity contribution is -0.133. The predicted octanol–water partition coefficient (Wildman–Crippen LogP) is -0.533. The molecule has 15 heavy (non-hydrogen) atoms. The average Bonchev–Trinajstić information content (AvgIpc) is 2.95. The highest BCUT2D eigenvalue weighted by atomic mass is 16.6. The minimum atomic E-state index is -1.65. The first-order valence-electron chi connectivity index (χ1n) is 4.41. The second-order valence-electron chi connectivity index (χ2n) is 3.37. The fourth-order valence-corrected chi connectivity index (χ4v) is 1.58. The van der Waals surface area contributed by atoms with E-state index in [0.29, 0.717) is 0 Å². The summed E-state index contributed by atoms with van der Waals surface area (Å²) in [6.45, 7) is 0. The normalized spacial score (nSPS) is 22.0. The first-order chi connectivity index (χ1) is 7.09. The molecule has 5 heteroatoms. The van der Waals surface area contributed by atoms with Gasteiger partial charge in [0.1, 0.15) is 6.10 Å². The van der Waals surface area contributed by atoms with E-state index in [4.69, 9.17) is 16.2 Å². The molecule has 1 aromatic rings. The molecule has 1 aliphatic rings. The van der Waals surface area contributed by atoms with Gasteiger partial charge in [-0.15, -0.1) is 0 Å². The monoisotopic (exact) mass is 206 g/mol. The number of nitrogens with two attached hydrogens (primary N) is 2. The average molecular weight is 206 g/mol. The van der Waals surface area contributed by atoms with Crippen molar-refractivity contribution in [3.63, 3.8) is 0 Å². The van der Waals surface area contributed by atoms with Crippen molar-refractivity contribution in [3.05, 3.63) is 35.9 Å². The van der Waals surface area contributed by atoms with E-state index in [2.05, 4.69) is 0 Å². The number of rotatable bonds is 3. The highest BCUT2D eigenvalue weighted by Gasteiger charge is 2.67. The third-order valence-corrected chi connectivity index (χ3v) is 2.45. The molecule has 0 saturated carbocycles. The standard InChI is InChI=1S/C10H10N2O3/c11-8(13)10(9(12)14)7(15-10)6-4-2-1-3-5-6/h1-5,7H,(H2,11,13)(H2,12,14)/t7-/m0/s1. The lowest BCUT2D eigenvalue weighted by atomic mass is 9.98. The predicted molar refractivity (Wildman–Crippen MR) is 51.4 cm³/mol. The molecule has 1 fully saturated rings. The summed E-state index contributed by atoms with van der Waals surface area (Å²) in [7, 11) is 0. The Labute approximate surface area is 86.0 Å². The van der Waals surface area contributed by atoms with Crippen LogP contribution in [0.3, 0.4) is 0 Å². The molecular weight excluding hydrogens is 196 g/mol. The van der Waals surface area contributed by atoms with Gasteiger partial charge in [-0.1, -0.05) is 30.3 Å². The summed E-state index contributed by atoms with van der Waals surface area (Å²) in [5, 5.41) is 0. The van der Waals surface area contributed by atoms with Crippen molar-refractivity contribution < 1.29 is 14.3 Å². The van der Waals surface area contributed by atoms with Crippen LogP contribution in [-0.2, 0) is 14.3 Å². The number of hydrogen-bond acceptors (Lipinski definition) is 3. The number of carbonyl (C=O) groups excluding carboxylic acids is 2. The zero-order valence-electron chi connectivity index (χ0n) is 7.84. The van der Waals surface area contributed by atoms with Crippen LogP contribution in [0.2, 0.25) is 0 Å². The van der Waals surface area contributed by atoms with Gasteiger partial charge in [-0.3, -0.25) is 9.59 Å². The van der Waals surface area contributed by atoms with Crippen molar-refractivity contribution in [2.45, 2.75) is 11.7 Å². The van der Waals surface area contributed by atoms with Crippen molar-refractivity contribution in [1.29, 1.82) is 0 Å². The number of epoxide rings is 1. The molecule has 78 valence electrons. The Kier molecular flexibility index (Phi) is 1.97. The fourth-order valence-electron chi connectivity index (χ4n) is 1.58. The maximum atomic E-state index is 11.1. The smallest absolute Gasteiger partial charge is 0.262 e. The van der Waals surface area contributed by atoms with Crippen LogP contribution in [0.25, 0.3) is 0 Å². The van der Waals surface area contributed by atoms with Gasteiger partial charge >= 0.3 is 0 Å². The molecule has 0 bridgehead atoms.